The molecule has 0 amide bonds. The van der Waals surface area contributed by atoms with Gasteiger partial charge in [0, 0.05) is 29.3 Å². The number of methoxy groups -OCH3 is 1. The van der Waals surface area contributed by atoms with Gasteiger partial charge in [0.1, 0.15) is 5.69 Å². The summed E-state index contributed by atoms with van der Waals surface area (Å²) >= 11 is 0. The normalized spacial score (nSPS) is 13.7. The summed E-state index contributed by atoms with van der Waals surface area (Å²) in [7, 11) is 1.57. The highest BCUT2D eigenvalue weighted by molar-refractivity contribution is 5.96. The number of ketones is 1. The van der Waals surface area contributed by atoms with Crippen LogP contribution in [0.3, 0.4) is 0 Å². The smallest absolute Gasteiger partial charge is 0.264 e. The highest BCUT2D eigenvalue weighted by Gasteiger charge is 2.34. The fourth-order valence-corrected chi connectivity index (χ4v) is 2.57. The van der Waals surface area contributed by atoms with E-state index in [4.69, 9.17) is 9.15 Å². The lowest BCUT2D eigenvalue weighted by Crippen LogP contribution is -2.01. The monoisotopic (exact) mass is 320 g/mol. The average molecular weight is 320 g/mol. The van der Waals surface area contributed by atoms with E-state index in [9.17, 15) is 4.79 Å². The third kappa shape index (κ3) is 2.69. The molecule has 5 nitrogen and oxygen atoms in total. The third-order valence-electron chi connectivity index (χ3n) is 4.04. The van der Waals surface area contributed by atoms with E-state index in [1.165, 1.54) is 0 Å². The quantitative estimate of drug-likeness (QED) is 0.665. The Morgan fingerprint density at radius 1 is 1.12 bits per heavy atom. The van der Waals surface area contributed by atoms with Gasteiger partial charge >= 0.3 is 0 Å². The van der Waals surface area contributed by atoms with Crippen molar-refractivity contribution in [3.8, 4) is 28.5 Å². The van der Waals surface area contributed by atoms with Gasteiger partial charge in [-0.2, -0.15) is 0 Å². The van der Waals surface area contributed by atoms with Crippen molar-refractivity contribution in [2.75, 3.05) is 7.11 Å². The van der Waals surface area contributed by atoms with E-state index in [2.05, 4.69) is 9.97 Å². The summed E-state index contributed by atoms with van der Waals surface area (Å²) in [6.07, 6.45) is 3.51. The number of carbonyl (C=O) groups excluding carboxylic acids is 1. The second-order valence-electron chi connectivity index (χ2n) is 5.79. The van der Waals surface area contributed by atoms with Gasteiger partial charge in [0.15, 0.2) is 5.76 Å². The number of oxazole rings is 1. The van der Waals surface area contributed by atoms with Gasteiger partial charge in [-0.3, -0.25) is 4.79 Å². The molecular formula is C19H16N2O3. The van der Waals surface area contributed by atoms with Crippen molar-refractivity contribution in [3.05, 3.63) is 54.6 Å². The van der Waals surface area contributed by atoms with E-state index in [0.717, 1.165) is 24.0 Å². The van der Waals surface area contributed by atoms with Gasteiger partial charge in [-0.1, -0.05) is 30.3 Å². The molecule has 1 saturated carbocycles. The molecule has 3 aromatic rings. The van der Waals surface area contributed by atoms with Gasteiger partial charge < -0.3 is 9.15 Å². The molecule has 0 unspecified atom stereocenters. The second-order valence-corrected chi connectivity index (χ2v) is 5.79. The SMILES string of the molecule is COc1ccc(-c2nc(C(=O)C3CC3)oc2-c2ccccc2)cn1. The summed E-state index contributed by atoms with van der Waals surface area (Å²) in [5.74, 6) is 1.35. The number of ether oxygens (including phenoxy) is 1. The van der Waals surface area contributed by atoms with Crippen LogP contribution < -0.4 is 4.74 Å². The molecule has 4 rings (SSSR count). The molecular weight excluding hydrogens is 304 g/mol. The van der Waals surface area contributed by atoms with Crippen molar-refractivity contribution in [2.45, 2.75) is 12.8 Å². The van der Waals surface area contributed by atoms with E-state index in [1.54, 1.807) is 19.4 Å². The number of benzene rings is 1. The van der Waals surface area contributed by atoms with Crippen molar-refractivity contribution >= 4 is 5.78 Å². The first-order chi connectivity index (χ1) is 11.8. The Balaban J connectivity index is 1.82. The summed E-state index contributed by atoms with van der Waals surface area (Å²) in [4.78, 5) is 21.0. The lowest BCUT2D eigenvalue weighted by atomic mass is 10.1. The van der Waals surface area contributed by atoms with Crippen LogP contribution in [0.1, 0.15) is 23.5 Å². The van der Waals surface area contributed by atoms with Crippen molar-refractivity contribution in [1.82, 2.24) is 9.97 Å². The molecule has 120 valence electrons. The fraction of sp³-hybridized carbons (Fsp3) is 0.211. The van der Waals surface area contributed by atoms with E-state index in [0.29, 0.717) is 17.3 Å². The van der Waals surface area contributed by atoms with Crippen LogP contribution in [0.25, 0.3) is 22.6 Å². The fourth-order valence-electron chi connectivity index (χ4n) is 2.57. The largest absolute Gasteiger partial charge is 0.481 e. The summed E-state index contributed by atoms with van der Waals surface area (Å²) in [6.45, 7) is 0. The maximum Gasteiger partial charge on any atom is 0.264 e. The summed E-state index contributed by atoms with van der Waals surface area (Å²) in [5, 5.41) is 0. The predicted molar refractivity (Wildman–Crippen MR) is 88.8 cm³/mol. The zero-order valence-electron chi connectivity index (χ0n) is 13.2. The predicted octanol–water partition coefficient (Wildman–Crippen LogP) is 4.00. The molecule has 0 radical (unpaired) electrons. The third-order valence-corrected chi connectivity index (χ3v) is 4.04. The molecule has 0 bridgehead atoms. The molecule has 5 heteroatoms. The standard InChI is InChI=1S/C19H16N2O3/c1-23-15-10-9-14(11-20-15)16-18(13-5-3-2-4-6-13)24-19(21-16)17(22)12-7-8-12/h2-6,9-12H,7-8H2,1H3. The van der Waals surface area contributed by atoms with Crippen LogP contribution in [0.15, 0.2) is 53.1 Å². The Morgan fingerprint density at radius 3 is 2.54 bits per heavy atom. The average Bonchev–Trinajstić information content (AvgIpc) is 3.40. The highest BCUT2D eigenvalue weighted by atomic mass is 16.5. The van der Waals surface area contributed by atoms with Crippen LogP contribution in [-0.4, -0.2) is 22.9 Å². The topological polar surface area (TPSA) is 65.2 Å². The number of hydrogen-bond donors (Lipinski definition) is 0. The zero-order valence-corrected chi connectivity index (χ0v) is 13.2. The molecule has 0 atom stereocenters. The van der Waals surface area contributed by atoms with Gasteiger partial charge in [0.05, 0.1) is 7.11 Å². The first kappa shape index (κ1) is 14.6. The van der Waals surface area contributed by atoms with Crippen molar-refractivity contribution in [3.63, 3.8) is 0 Å². The van der Waals surface area contributed by atoms with Crippen LogP contribution in [0.2, 0.25) is 0 Å². The Bertz CT molecular complexity index is 865. The number of aromatic nitrogens is 2. The molecule has 1 fully saturated rings. The van der Waals surface area contributed by atoms with Crippen LogP contribution in [0.5, 0.6) is 5.88 Å². The minimum Gasteiger partial charge on any atom is -0.481 e. The second kappa shape index (κ2) is 5.92. The lowest BCUT2D eigenvalue weighted by molar-refractivity contribution is 0.0934. The van der Waals surface area contributed by atoms with Gasteiger partial charge in [0.2, 0.25) is 11.7 Å². The van der Waals surface area contributed by atoms with Crippen molar-refractivity contribution in [1.29, 1.82) is 0 Å². The van der Waals surface area contributed by atoms with Gasteiger partial charge in [0.25, 0.3) is 5.89 Å². The lowest BCUT2D eigenvalue weighted by Gasteiger charge is -2.02. The minimum atomic E-state index is -0.0140. The number of carbonyl (C=O) groups is 1. The Kier molecular flexibility index (Phi) is 3.61. The zero-order chi connectivity index (χ0) is 16.5. The summed E-state index contributed by atoms with van der Waals surface area (Å²) in [6, 6.07) is 13.3. The molecule has 0 spiro atoms. The Labute approximate surface area is 139 Å². The minimum absolute atomic E-state index is 0.0140. The van der Waals surface area contributed by atoms with Crippen LogP contribution in [0.4, 0.5) is 0 Å². The maximum atomic E-state index is 12.3. The number of hydrogen-bond acceptors (Lipinski definition) is 5. The molecule has 0 aliphatic heterocycles. The van der Waals surface area contributed by atoms with Gasteiger partial charge in [-0.05, 0) is 18.9 Å². The van der Waals surface area contributed by atoms with Crippen LogP contribution >= 0.6 is 0 Å². The number of rotatable bonds is 5. The molecule has 2 aromatic heterocycles. The van der Waals surface area contributed by atoms with Crippen LogP contribution in [0, 0.1) is 5.92 Å². The van der Waals surface area contributed by atoms with E-state index < -0.39 is 0 Å². The highest BCUT2D eigenvalue weighted by Crippen LogP contribution is 2.37. The summed E-state index contributed by atoms with van der Waals surface area (Å²) in [5.41, 5.74) is 2.29. The molecule has 0 saturated heterocycles. The number of nitrogens with zero attached hydrogens (tertiary/aromatic N) is 2. The van der Waals surface area contributed by atoms with Gasteiger partial charge in [-0.25, -0.2) is 9.97 Å². The number of Topliss-reactive ketones (excluding diaryl/α,β-unsaturated/α-hetero) is 1. The maximum absolute atomic E-state index is 12.3. The molecule has 1 aromatic carbocycles. The van der Waals surface area contributed by atoms with Crippen LogP contribution in [-0.2, 0) is 0 Å². The van der Waals surface area contributed by atoms with Crippen molar-refractivity contribution in [2.24, 2.45) is 5.92 Å². The Morgan fingerprint density at radius 2 is 1.92 bits per heavy atom. The van der Waals surface area contributed by atoms with E-state index >= 15 is 0 Å². The first-order valence-electron chi connectivity index (χ1n) is 7.87. The molecule has 0 N–H and O–H groups in total. The van der Waals surface area contributed by atoms with Crippen molar-refractivity contribution < 1.29 is 13.9 Å². The van der Waals surface area contributed by atoms with Gasteiger partial charge in [-0.15, -0.1) is 0 Å². The molecule has 2 heterocycles. The summed E-state index contributed by atoms with van der Waals surface area (Å²) < 4.78 is 10.9. The molecule has 1 aliphatic carbocycles. The van der Waals surface area contributed by atoms with E-state index in [1.807, 2.05) is 36.4 Å². The molecule has 1 aliphatic rings. The Hall–Kier alpha value is -2.95. The van der Waals surface area contributed by atoms with E-state index in [-0.39, 0.29) is 17.6 Å². The first-order valence-corrected chi connectivity index (χ1v) is 7.87. The number of pyridine rings is 1. The molecule has 24 heavy (non-hydrogen) atoms.